The first-order chi connectivity index (χ1) is 19.9. The molecule has 0 aliphatic rings. The minimum Gasteiger partial charge on any atom is -0.447 e. The molecule has 0 aromatic heterocycles. The summed E-state index contributed by atoms with van der Waals surface area (Å²) >= 11 is 0. The first-order valence-electron chi connectivity index (χ1n) is 13.3. The first-order valence-corrected chi connectivity index (χ1v) is 13.3. The fraction of sp³-hybridized carbons (Fsp3) is 0.429. The molecule has 2 rings (SSSR count). The number of carbonyl (C=O) groups is 4. The van der Waals surface area contributed by atoms with E-state index in [4.69, 9.17) is 19.3 Å². The lowest BCUT2D eigenvalue weighted by atomic mass is 10.1. The second-order valence-corrected chi connectivity index (χ2v) is 8.90. The number of hydrogen-bond acceptors (Lipinski definition) is 9. The van der Waals surface area contributed by atoms with Gasteiger partial charge >= 0.3 is 18.3 Å². The van der Waals surface area contributed by atoms with Crippen LogP contribution in [-0.4, -0.2) is 79.4 Å². The molecule has 13 heteroatoms. The van der Waals surface area contributed by atoms with Crippen molar-refractivity contribution in [2.24, 2.45) is 0 Å². The highest BCUT2D eigenvalue weighted by Gasteiger charge is 2.21. The quantitative estimate of drug-likeness (QED) is 0.121. The zero-order chi connectivity index (χ0) is 29.7. The number of aliphatic hydroxyl groups excluding tert-OH is 2. The van der Waals surface area contributed by atoms with Gasteiger partial charge in [-0.3, -0.25) is 4.79 Å². The average molecular weight is 575 g/mol. The van der Waals surface area contributed by atoms with Crippen LogP contribution in [0.25, 0.3) is 0 Å². The van der Waals surface area contributed by atoms with Gasteiger partial charge in [0.25, 0.3) is 0 Å². The molecule has 41 heavy (non-hydrogen) atoms. The summed E-state index contributed by atoms with van der Waals surface area (Å²) in [5, 5.41) is 28.2. The van der Waals surface area contributed by atoms with Crippen molar-refractivity contribution >= 4 is 24.2 Å². The fourth-order valence-corrected chi connectivity index (χ4v) is 3.36. The van der Waals surface area contributed by atoms with Crippen LogP contribution in [0.2, 0.25) is 0 Å². The lowest BCUT2D eigenvalue weighted by Gasteiger charge is -2.19. The Hall–Kier alpha value is -4.36. The third kappa shape index (κ3) is 15.1. The predicted molar refractivity (Wildman–Crippen MR) is 147 cm³/mol. The number of alkyl carbamates (subject to hydrolysis) is 3. The van der Waals surface area contributed by atoms with Crippen molar-refractivity contribution in [3.63, 3.8) is 0 Å². The van der Waals surface area contributed by atoms with Gasteiger partial charge in [0.05, 0.1) is 6.61 Å². The van der Waals surface area contributed by atoms with Crippen molar-refractivity contribution in [3.8, 4) is 0 Å². The van der Waals surface area contributed by atoms with Crippen LogP contribution >= 0.6 is 0 Å². The molecule has 0 aliphatic heterocycles. The van der Waals surface area contributed by atoms with Crippen LogP contribution < -0.4 is 21.3 Å². The number of rotatable bonds is 17. The van der Waals surface area contributed by atoms with Gasteiger partial charge in [-0.15, -0.1) is 0 Å². The van der Waals surface area contributed by atoms with E-state index in [2.05, 4.69) is 21.3 Å². The summed E-state index contributed by atoms with van der Waals surface area (Å²) in [6.45, 7) is -0.334. The Morgan fingerprint density at radius 1 is 0.683 bits per heavy atom. The van der Waals surface area contributed by atoms with Crippen molar-refractivity contribution in [3.05, 3.63) is 71.8 Å². The van der Waals surface area contributed by atoms with Crippen LogP contribution in [0.3, 0.4) is 0 Å². The predicted octanol–water partition coefficient (Wildman–Crippen LogP) is 1.57. The summed E-state index contributed by atoms with van der Waals surface area (Å²) in [5.41, 5.74) is 1.66. The van der Waals surface area contributed by atoms with Crippen molar-refractivity contribution < 1.29 is 43.6 Å². The van der Waals surface area contributed by atoms with E-state index in [1.54, 1.807) is 12.1 Å². The molecule has 0 saturated carbocycles. The Morgan fingerprint density at radius 3 is 1.83 bits per heavy atom. The van der Waals surface area contributed by atoms with E-state index in [0.29, 0.717) is 19.4 Å². The maximum absolute atomic E-state index is 12.8. The number of ether oxygens (including phenoxy) is 3. The molecule has 4 amide bonds. The topological polar surface area (TPSA) is 185 Å². The Labute approximate surface area is 238 Å². The Balaban J connectivity index is 1.74. The third-order valence-corrected chi connectivity index (χ3v) is 5.53. The SMILES string of the molecule is O=C(NCCCC[C@H](NC(=O)OCc1ccccc1)C(=O)NCCNC(=O)OC[C@H](O)CO)OCc1ccccc1. The van der Waals surface area contributed by atoms with Crippen LogP contribution in [0.5, 0.6) is 0 Å². The van der Waals surface area contributed by atoms with E-state index < -0.39 is 42.9 Å². The van der Waals surface area contributed by atoms with Crippen LogP contribution in [0.4, 0.5) is 14.4 Å². The van der Waals surface area contributed by atoms with Crippen LogP contribution in [0.15, 0.2) is 60.7 Å². The molecule has 0 fully saturated rings. The highest BCUT2D eigenvalue weighted by Crippen LogP contribution is 2.05. The second kappa shape index (κ2) is 19.7. The number of nitrogens with one attached hydrogen (secondary N) is 4. The van der Waals surface area contributed by atoms with E-state index in [1.165, 1.54) is 0 Å². The highest BCUT2D eigenvalue weighted by atomic mass is 16.6. The van der Waals surface area contributed by atoms with Crippen molar-refractivity contribution in [2.75, 3.05) is 32.8 Å². The second-order valence-electron chi connectivity index (χ2n) is 8.90. The van der Waals surface area contributed by atoms with Gasteiger partial charge in [-0.2, -0.15) is 0 Å². The molecule has 2 aromatic rings. The van der Waals surface area contributed by atoms with Crippen molar-refractivity contribution in [2.45, 2.75) is 44.6 Å². The van der Waals surface area contributed by atoms with E-state index in [1.807, 2.05) is 48.5 Å². The number of carbonyl (C=O) groups excluding carboxylic acids is 4. The lowest BCUT2D eigenvalue weighted by Crippen LogP contribution is -2.48. The standard InChI is InChI=1S/C28H38N4O9/c33-17-23(34)20-41-27(37)31-16-15-29-25(35)24(32-28(38)40-19-22-11-5-2-6-12-22)13-7-8-14-30-26(36)39-18-21-9-3-1-4-10-21/h1-6,9-12,23-24,33-34H,7-8,13-20H2,(H,29,35)(H,30,36)(H,31,37)(H,32,38)/t23-,24+/m1/s1. The van der Waals surface area contributed by atoms with Crippen molar-refractivity contribution in [1.82, 2.24) is 21.3 Å². The Kier molecular flexibility index (Phi) is 15.8. The van der Waals surface area contributed by atoms with Gasteiger partial charge < -0.3 is 45.7 Å². The average Bonchev–Trinajstić information content (AvgIpc) is 3.00. The monoisotopic (exact) mass is 574 g/mol. The molecule has 2 aromatic carbocycles. The Bertz CT molecular complexity index is 1060. The largest absolute Gasteiger partial charge is 0.447 e. The summed E-state index contributed by atoms with van der Waals surface area (Å²) in [6, 6.07) is 17.4. The van der Waals surface area contributed by atoms with Gasteiger partial charge in [-0.05, 0) is 30.4 Å². The maximum atomic E-state index is 12.8. The van der Waals surface area contributed by atoms with Gasteiger partial charge in [0.2, 0.25) is 5.91 Å². The maximum Gasteiger partial charge on any atom is 0.408 e. The number of benzene rings is 2. The minimum atomic E-state index is -1.18. The summed E-state index contributed by atoms with van der Waals surface area (Å²) in [5.74, 6) is -0.484. The number of aliphatic hydroxyl groups is 2. The van der Waals surface area contributed by atoms with Gasteiger partial charge in [0.15, 0.2) is 0 Å². The number of unbranched alkanes of at least 4 members (excludes halogenated alkanes) is 1. The molecule has 0 heterocycles. The molecule has 0 radical (unpaired) electrons. The normalized spacial score (nSPS) is 11.9. The summed E-state index contributed by atoms with van der Waals surface area (Å²) in [7, 11) is 0. The van der Waals surface area contributed by atoms with Gasteiger partial charge in [0.1, 0.15) is 32.0 Å². The molecule has 224 valence electrons. The van der Waals surface area contributed by atoms with E-state index in [-0.39, 0.29) is 39.3 Å². The molecular weight excluding hydrogens is 536 g/mol. The third-order valence-electron chi connectivity index (χ3n) is 5.53. The zero-order valence-electron chi connectivity index (χ0n) is 22.8. The van der Waals surface area contributed by atoms with Gasteiger partial charge in [-0.1, -0.05) is 60.7 Å². The fourth-order valence-electron chi connectivity index (χ4n) is 3.36. The summed E-state index contributed by atoms with van der Waals surface area (Å²) in [4.78, 5) is 48.6. The van der Waals surface area contributed by atoms with Gasteiger partial charge in [-0.25, -0.2) is 14.4 Å². The molecule has 6 N–H and O–H groups in total. The molecule has 2 atom stereocenters. The molecule has 13 nitrogen and oxygen atoms in total. The van der Waals surface area contributed by atoms with Crippen LogP contribution in [0, 0.1) is 0 Å². The van der Waals surface area contributed by atoms with Gasteiger partial charge in [0, 0.05) is 19.6 Å². The van der Waals surface area contributed by atoms with Crippen molar-refractivity contribution in [1.29, 1.82) is 0 Å². The van der Waals surface area contributed by atoms with E-state index in [9.17, 15) is 24.3 Å². The molecule has 0 bridgehead atoms. The minimum absolute atomic E-state index is 0.0278. The number of hydrogen-bond donors (Lipinski definition) is 6. The highest BCUT2D eigenvalue weighted by molar-refractivity contribution is 5.85. The number of amides is 4. The Morgan fingerprint density at radius 2 is 1.22 bits per heavy atom. The van der Waals surface area contributed by atoms with Crippen LogP contribution in [0.1, 0.15) is 30.4 Å². The first kappa shape index (κ1) is 32.8. The molecular formula is C28H38N4O9. The van der Waals surface area contributed by atoms with E-state index in [0.717, 1.165) is 11.1 Å². The summed E-state index contributed by atoms with van der Waals surface area (Å²) in [6.07, 6.45) is -2.03. The molecule has 0 saturated heterocycles. The molecule has 0 spiro atoms. The van der Waals surface area contributed by atoms with Crippen LogP contribution in [-0.2, 0) is 32.2 Å². The lowest BCUT2D eigenvalue weighted by molar-refractivity contribution is -0.123. The smallest absolute Gasteiger partial charge is 0.408 e. The summed E-state index contributed by atoms with van der Waals surface area (Å²) < 4.78 is 15.1. The zero-order valence-corrected chi connectivity index (χ0v) is 22.8. The van der Waals surface area contributed by atoms with E-state index >= 15 is 0 Å². The molecule has 0 aliphatic carbocycles. The molecule has 0 unspecified atom stereocenters.